The van der Waals surface area contributed by atoms with Crippen LogP contribution in [0.2, 0.25) is 0 Å². The van der Waals surface area contributed by atoms with Gasteiger partial charge >= 0.3 is 0 Å². The van der Waals surface area contributed by atoms with Crippen molar-refractivity contribution in [1.82, 2.24) is 10.2 Å². The minimum absolute atomic E-state index is 0.0241. The molecule has 2 amide bonds. The van der Waals surface area contributed by atoms with E-state index in [4.69, 9.17) is 10.5 Å². The Morgan fingerprint density at radius 2 is 2.24 bits per heavy atom. The van der Waals surface area contributed by atoms with Gasteiger partial charge in [-0.2, -0.15) is 0 Å². The summed E-state index contributed by atoms with van der Waals surface area (Å²) < 4.78 is 5.35. The van der Waals surface area contributed by atoms with Crippen LogP contribution in [0.25, 0.3) is 0 Å². The molecular weight excluding hydrogens is 290 g/mol. The lowest BCUT2D eigenvalue weighted by atomic mass is 10.2. The highest BCUT2D eigenvalue weighted by Crippen LogP contribution is 2.25. The lowest BCUT2D eigenvalue weighted by Gasteiger charge is -2.34. The molecule has 3 N–H and O–H groups in total. The van der Waals surface area contributed by atoms with Crippen LogP contribution in [0, 0.1) is 6.92 Å². The van der Waals surface area contributed by atoms with Crippen molar-refractivity contribution in [3.8, 4) is 0 Å². The highest BCUT2D eigenvalue weighted by Gasteiger charge is 2.34. The van der Waals surface area contributed by atoms with Crippen molar-refractivity contribution in [2.24, 2.45) is 0 Å². The zero-order chi connectivity index (χ0) is 15.6. The number of hydrogen-bond acceptors (Lipinski definition) is 5. The molecule has 1 fully saturated rings. The average molecular weight is 311 g/mol. The number of hydrogen-bond donors (Lipinski definition) is 2. The topological polar surface area (TPSA) is 84.7 Å². The number of aryl methyl sites for hydroxylation is 1. The standard InChI is InChI=1S/C14H21N3O3S/c1-8(2)16-13(18)11-7-20-5-4-17(11)14(19)12-6-10(15)9(3)21-12/h6,8,11H,4-5,7,15H2,1-3H3,(H,16,18). The number of carbonyl (C=O) groups is 2. The molecule has 0 radical (unpaired) electrons. The SMILES string of the molecule is Cc1sc(C(=O)N2CCOCC2C(=O)NC(C)C)cc1N. The molecule has 7 heteroatoms. The summed E-state index contributed by atoms with van der Waals surface area (Å²) in [5, 5.41) is 2.83. The fraction of sp³-hybridized carbons (Fsp3) is 0.571. The summed E-state index contributed by atoms with van der Waals surface area (Å²) in [6.07, 6.45) is 0. The first-order valence-electron chi connectivity index (χ1n) is 6.95. The van der Waals surface area contributed by atoms with Crippen molar-refractivity contribution >= 4 is 28.8 Å². The van der Waals surface area contributed by atoms with E-state index in [2.05, 4.69) is 5.32 Å². The van der Waals surface area contributed by atoms with E-state index in [1.165, 1.54) is 11.3 Å². The number of amides is 2. The summed E-state index contributed by atoms with van der Waals surface area (Å²) in [5.74, 6) is -0.341. The summed E-state index contributed by atoms with van der Waals surface area (Å²) in [6, 6.07) is 1.11. The maximum Gasteiger partial charge on any atom is 0.264 e. The average Bonchev–Trinajstić information content (AvgIpc) is 2.77. The van der Waals surface area contributed by atoms with E-state index < -0.39 is 6.04 Å². The lowest BCUT2D eigenvalue weighted by molar-refractivity contribution is -0.131. The van der Waals surface area contributed by atoms with Crippen LogP contribution < -0.4 is 11.1 Å². The number of nitrogens with one attached hydrogen (secondary N) is 1. The molecule has 21 heavy (non-hydrogen) atoms. The molecule has 6 nitrogen and oxygen atoms in total. The van der Waals surface area contributed by atoms with Crippen LogP contribution >= 0.6 is 11.3 Å². The number of anilines is 1. The van der Waals surface area contributed by atoms with Gasteiger partial charge < -0.3 is 20.7 Å². The van der Waals surface area contributed by atoms with E-state index >= 15 is 0 Å². The molecule has 0 bridgehead atoms. The largest absolute Gasteiger partial charge is 0.398 e. The number of morpholine rings is 1. The zero-order valence-corrected chi connectivity index (χ0v) is 13.3. The van der Waals surface area contributed by atoms with Crippen LogP contribution in [-0.4, -0.2) is 48.6 Å². The zero-order valence-electron chi connectivity index (χ0n) is 12.5. The Hall–Kier alpha value is -1.60. The van der Waals surface area contributed by atoms with Gasteiger partial charge in [0.25, 0.3) is 5.91 Å². The van der Waals surface area contributed by atoms with Crippen molar-refractivity contribution in [2.45, 2.75) is 32.9 Å². The van der Waals surface area contributed by atoms with E-state index in [-0.39, 0.29) is 24.5 Å². The second-order valence-electron chi connectivity index (χ2n) is 5.37. The molecule has 1 aliphatic heterocycles. The molecule has 1 aromatic heterocycles. The van der Waals surface area contributed by atoms with Crippen LogP contribution in [0.4, 0.5) is 5.69 Å². The third-order valence-corrected chi connectivity index (χ3v) is 4.34. The van der Waals surface area contributed by atoms with E-state index in [1.54, 1.807) is 11.0 Å². The van der Waals surface area contributed by atoms with Crippen LogP contribution in [-0.2, 0) is 9.53 Å². The fourth-order valence-corrected chi connectivity index (χ4v) is 3.08. The van der Waals surface area contributed by atoms with Gasteiger partial charge in [-0.1, -0.05) is 0 Å². The molecule has 2 heterocycles. The van der Waals surface area contributed by atoms with Crippen molar-refractivity contribution in [3.63, 3.8) is 0 Å². The van der Waals surface area contributed by atoms with Gasteiger partial charge in [-0.3, -0.25) is 9.59 Å². The highest BCUT2D eigenvalue weighted by atomic mass is 32.1. The Bertz CT molecular complexity index is 522. The van der Waals surface area contributed by atoms with Crippen LogP contribution in [0.1, 0.15) is 28.4 Å². The Labute approximate surface area is 128 Å². The van der Waals surface area contributed by atoms with Crippen molar-refractivity contribution in [2.75, 3.05) is 25.5 Å². The van der Waals surface area contributed by atoms with E-state index in [9.17, 15) is 9.59 Å². The molecule has 1 aliphatic rings. The molecule has 116 valence electrons. The van der Waals surface area contributed by atoms with Gasteiger partial charge in [-0.25, -0.2) is 0 Å². The molecule has 2 rings (SSSR count). The van der Waals surface area contributed by atoms with Crippen molar-refractivity contribution in [3.05, 3.63) is 15.8 Å². The quantitative estimate of drug-likeness (QED) is 0.872. The van der Waals surface area contributed by atoms with Crippen LogP contribution in [0.3, 0.4) is 0 Å². The van der Waals surface area contributed by atoms with Gasteiger partial charge in [0.1, 0.15) is 6.04 Å². The number of nitrogen functional groups attached to an aromatic ring is 1. The normalized spacial score (nSPS) is 18.9. The molecular formula is C14H21N3O3S. The summed E-state index contributed by atoms with van der Waals surface area (Å²) in [6.45, 7) is 6.72. The minimum atomic E-state index is -0.586. The third kappa shape index (κ3) is 3.54. The number of rotatable bonds is 3. The van der Waals surface area contributed by atoms with Gasteiger partial charge in [0.2, 0.25) is 5.91 Å². The molecule has 0 aliphatic carbocycles. The lowest BCUT2D eigenvalue weighted by Crippen LogP contribution is -2.56. The van der Waals surface area contributed by atoms with Gasteiger partial charge in [0.15, 0.2) is 0 Å². The Morgan fingerprint density at radius 1 is 1.52 bits per heavy atom. The van der Waals surface area contributed by atoms with E-state index in [1.807, 2.05) is 20.8 Å². The first-order chi connectivity index (χ1) is 9.90. The first-order valence-corrected chi connectivity index (χ1v) is 7.76. The Balaban J connectivity index is 2.18. The Kier molecular flexibility index (Phi) is 4.84. The van der Waals surface area contributed by atoms with Crippen LogP contribution in [0.15, 0.2) is 6.07 Å². The maximum absolute atomic E-state index is 12.6. The highest BCUT2D eigenvalue weighted by molar-refractivity contribution is 7.14. The van der Waals surface area contributed by atoms with Gasteiger partial charge in [-0.15, -0.1) is 11.3 Å². The van der Waals surface area contributed by atoms with E-state index in [0.717, 1.165) is 4.88 Å². The summed E-state index contributed by atoms with van der Waals surface area (Å²) in [7, 11) is 0. The predicted molar refractivity (Wildman–Crippen MR) is 82.4 cm³/mol. The van der Waals surface area contributed by atoms with E-state index in [0.29, 0.717) is 23.7 Å². The summed E-state index contributed by atoms with van der Waals surface area (Å²) >= 11 is 1.36. The minimum Gasteiger partial charge on any atom is -0.398 e. The molecule has 0 aromatic carbocycles. The van der Waals surface area contributed by atoms with Crippen molar-refractivity contribution < 1.29 is 14.3 Å². The number of nitrogens with two attached hydrogens (primary N) is 1. The number of nitrogens with zero attached hydrogens (tertiary/aromatic N) is 1. The second kappa shape index (κ2) is 6.44. The predicted octanol–water partition coefficient (Wildman–Crippen LogP) is 1.00. The molecule has 1 aromatic rings. The van der Waals surface area contributed by atoms with Gasteiger partial charge in [0, 0.05) is 23.2 Å². The van der Waals surface area contributed by atoms with Gasteiger partial charge in [-0.05, 0) is 26.8 Å². The maximum atomic E-state index is 12.6. The molecule has 0 saturated carbocycles. The van der Waals surface area contributed by atoms with Gasteiger partial charge in [0.05, 0.1) is 18.1 Å². The summed E-state index contributed by atoms with van der Waals surface area (Å²) in [4.78, 5) is 27.9. The monoisotopic (exact) mass is 311 g/mol. The van der Waals surface area contributed by atoms with Crippen molar-refractivity contribution in [1.29, 1.82) is 0 Å². The van der Waals surface area contributed by atoms with Crippen LogP contribution in [0.5, 0.6) is 0 Å². The number of carbonyl (C=O) groups excluding carboxylic acids is 2. The number of ether oxygens (including phenoxy) is 1. The number of thiophene rings is 1. The first kappa shape index (κ1) is 15.8. The fourth-order valence-electron chi connectivity index (χ4n) is 2.19. The smallest absolute Gasteiger partial charge is 0.264 e. The second-order valence-corrected chi connectivity index (χ2v) is 6.63. The Morgan fingerprint density at radius 3 is 2.81 bits per heavy atom. The summed E-state index contributed by atoms with van der Waals surface area (Å²) in [5.41, 5.74) is 6.41. The molecule has 0 spiro atoms. The molecule has 1 atom stereocenters. The molecule has 1 unspecified atom stereocenters. The molecule has 1 saturated heterocycles. The third-order valence-electron chi connectivity index (χ3n) is 3.29.